The van der Waals surface area contributed by atoms with Gasteiger partial charge < -0.3 is 4.90 Å². The number of nitrogens with zero attached hydrogens (tertiary/aromatic N) is 1. The molecule has 0 amide bonds. The number of benzene rings is 2. The largest absolute Gasteiger partial charge is 0.309 e. The van der Waals surface area contributed by atoms with Crippen molar-refractivity contribution >= 4 is 52.3 Å². The highest BCUT2D eigenvalue weighted by Crippen LogP contribution is 2.45. The predicted molar refractivity (Wildman–Crippen MR) is 107 cm³/mol. The van der Waals surface area contributed by atoms with Crippen LogP contribution in [-0.4, -0.2) is 25.5 Å². The van der Waals surface area contributed by atoms with E-state index in [9.17, 15) is 0 Å². The maximum Gasteiger partial charge on any atom is 0.0201 e. The minimum absolute atomic E-state index is 0. The van der Waals surface area contributed by atoms with Crippen LogP contribution in [0, 0.1) is 3.57 Å². The Bertz CT molecular complexity index is 697. The van der Waals surface area contributed by atoms with Crippen molar-refractivity contribution in [2.24, 2.45) is 0 Å². The molecule has 0 saturated heterocycles. The fourth-order valence-corrected chi connectivity index (χ4v) is 4.11. The van der Waals surface area contributed by atoms with Gasteiger partial charge in [-0.25, -0.2) is 0 Å². The fraction of sp³-hybridized carbons (Fsp3) is 0.222. The van der Waals surface area contributed by atoms with Gasteiger partial charge in [-0.15, -0.1) is 12.4 Å². The highest BCUT2D eigenvalue weighted by molar-refractivity contribution is 14.1. The Morgan fingerprint density at radius 2 is 1.77 bits per heavy atom. The zero-order valence-electron chi connectivity index (χ0n) is 12.7. The van der Waals surface area contributed by atoms with Gasteiger partial charge in [0.1, 0.15) is 0 Å². The Labute approximate surface area is 156 Å². The SMILES string of the molecule is CN(C)CC/C=C1/c2ccccc2Sc2ccc(I)cc21.Cl. The molecule has 0 spiro atoms. The predicted octanol–water partition coefficient (Wildman–Crippen LogP) is 5.56. The van der Waals surface area contributed by atoms with Gasteiger partial charge in [0.15, 0.2) is 0 Å². The van der Waals surface area contributed by atoms with Gasteiger partial charge in [0, 0.05) is 19.9 Å². The van der Waals surface area contributed by atoms with E-state index in [2.05, 4.69) is 90.1 Å². The Morgan fingerprint density at radius 1 is 1.05 bits per heavy atom. The summed E-state index contributed by atoms with van der Waals surface area (Å²) in [6.45, 7) is 1.08. The smallest absolute Gasteiger partial charge is 0.0201 e. The van der Waals surface area contributed by atoms with E-state index >= 15 is 0 Å². The Kier molecular flexibility index (Phi) is 6.38. The van der Waals surface area contributed by atoms with Crippen LogP contribution in [0.3, 0.4) is 0 Å². The van der Waals surface area contributed by atoms with Crippen LogP contribution < -0.4 is 0 Å². The second-order valence-electron chi connectivity index (χ2n) is 5.45. The monoisotopic (exact) mass is 443 g/mol. The molecule has 22 heavy (non-hydrogen) atoms. The lowest BCUT2D eigenvalue weighted by Crippen LogP contribution is -2.12. The van der Waals surface area contributed by atoms with Crippen molar-refractivity contribution in [2.45, 2.75) is 16.2 Å². The molecule has 0 fully saturated rings. The van der Waals surface area contributed by atoms with Gasteiger partial charge in [-0.3, -0.25) is 0 Å². The van der Waals surface area contributed by atoms with Gasteiger partial charge >= 0.3 is 0 Å². The van der Waals surface area contributed by atoms with E-state index < -0.39 is 0 Å². The van der Waals surface area contributed by atoms with Crippen LogP contribution >= 0.6 is 46.8 Å². The first-order chi connectivity index (χ1) is 10.1. The molecule has 4 heteroatoms. The van der Waals surface area contributed by atoms with Crippen LogP contribution in [0.4, 0.5) is 0 Å². The van der Waals surface area contributed by atoms with Crippen molar-refractivity contribution < 1.29 is 0 Å². The van der Waals surface area contributed by atoms with Gasteiger partial charge in [-0.1, -0.05) is 36.0 Å². The summed E-state index contributed by atoms with van der Waals surface area (Å²) < 4.78 is 1.30. The summed E-state index contributed by atoms with van der Waals surface area (Å²) in [4.78, 5) is 4.96. The van der Waals surface area contributed by atoms with Gasteiger partial charge in [0.25, 0.3) is 0 Å². The van der Waals surface area contributed by atoms with Gasteiger partial charge in [0.05, 0.1) is 0 Å². The van der Waals surface area contributed by atoms with Crippen LogP contribution in [0.1, 0.15) is 17.5 Å². The van der Waals surface area contributed by atoms with Gasteiger partial charge in [0.2, 0.25) is 0 Å². The first-order valence-electron chi connectivity index (χ1n) is 7.07. The zero-order valence-corrected chi connectivity index (χ0v) is 16.5. The molecule has 1 heterocycles. The molecule has 1 aliphatic rings. The number of hydrogen-bond donors (Lipinski definition) is 0. The molecule has 3 rings (SSSR count). The summed E-state index contributed by atoms with van der Waals surface area (Å²) in [7, 11) is 4.25. The van der Waals surface area contributed by atoms with Crippen LogP contribution in [0.5, 0.6) is 0 Å². The molecule has 0 N–H and O–H groups in total. The van der Waals surface area contributed by atoms with E-state index in [0.717, 1.165) is 13.0 Å². The van der Waals surface area contributed by atoms with Crippen molar-refractivity contribution in [1.29, 1.82) is 0 Å². The van der Waals surface area contributed by atoms with Crippen LogP contribution in [0.15, 0.2) is 58.3 Å². The van der Waals surface area contributed by atoms with Crippen molar-refractivity contribution in [3.63, 3.8) is 0 Å². The lowest BCUT2D eigenvalue weighted by Gasteiger charge is -2.22. The van der Waals surface area contributed by atoms with Gasteiger partial charge in [-0.05, 0) is 84.1 Å². The fourth-order valence-electron chi connectivity index (χ4n) is 2.53. The molecule has 1 nitrogen and oxygen atoms in total. The molecule has 2 aromatic rings. The quantitative estimate of drug-likeness (QED) is 0.488. The van der Waals surface area contributed by atoms with Crippen molar-refractivity contribution in [3.05, 3.63) is 63.2 Å². The lowest BCUT2D eigenvalue weighted by atomic mass is 9.96. The molecular weight excluding hydrogens is 425 g/mol. The topological polar surface area (TPSA) is 3.24 Å². The molecule has 0 aliphatic carbocycles. The lowest BCUT2D eigenvalue weighted by molar-refractivity contribution is 0.417. The molecule has 0 bridgehead atoms. The second kappa shape index (κ2) is 7.86. The van der Waals surface area contributed by atoms with Crippen molar-refractivity contribution in [2.75, 3.05) is 20.6 Å². The average molecular weight is 444 g/mol. The maximum absolute atomic E-state index is 2.40. The first-order valence-corrected chi connectivity index (χ1v) is 8.97. The van der Waals surface area contributed by atoms with E-state index in [4.69, 9.17) is 0 Å². The number of hydrogen-bond acceptors (Lipinski definition) is 2. The summed E-state index contributed by atoms with van der Waals surface area (Å²) in [6.07, 6.45) is 3.47. The third kappa shape index (κ3) is 3.88. The van der Waals surface area contributed by atoms with Crippen LogP contribution in [0.2, 0.25) is 0 Å². The first kappa shape index (κ1) is 17.9. The van der Waals surface area contributed by atoms with Crippen molar-refractivity contribution in [3.8, 4) is 0 Å². The van der Waals surface area contributed by atoms with E-state index in [-0.39, 0.29) is 12.4 Å². The maximum atomic E-state index is 2.40. The second-order valence-corrected chi connectivity index (χ2v) is 7.78. The summed E-state index contributed by atoms with van der Waals surface area (Å²) in [5, 5.41) is 0. The van der Waals surface area contributed by atoms with E-state index in [1.165, 1.54) is 30.1 Å². The summed E-state index contributed by atoms with van der Waals surface area (Å²) in [6, 6.07) is 15.5. The average Bonchev–Trinajstić information content (AvgIpc) is 2.46. The highest BCUT2D eigenvalue weighted by Gasteiger charge is 2.20. The van der Waals surface area contributed by atoms with E-state index in [1.807, 2.05) is 11.8 Å². The summed E-state index contributed by atoms with van der Waals surface area (Å²) in [5.41, 5.74) is 4.14. The third-order valence-corrected chi connectivity index (χ3v) is 5.38. The van der Waals surface area contributed by atoms with Gasteiger partial charge in [-0.2, -0.15) is 0 Å². The minimum atomic E-state index is 0. The molecule has 0 radical (unpaired) electrons. The number of fused-ring (bicyclic) bond motifs is 2. The normalized spacial score (nSPS) is 14.5. The summed E-state index contributed by atoms with van der Waals surface area (Å²) >= 11 is 4.28. The van der Waals surface area contributed by atoms with E-state index in [1.54, 1.807) is 0 Å². The Hall–Kier alpha value is -0.490. The zero-order chi connectivity index (χ0) is 14.8. The molecule has 116 valence electrons. The van der Waals surface area contributed by atoms with E-state index in [0.29, 0.717) is 0 Å². The Morgan fingerprint density at radius 3 is 2.55 bits per heavy atom. The molecule has 0 aromatic heterocycles. The molecule has 0 unspecified atom stereocenters. The van der Waals surface area contributed by atoms with Crippen LogP contribution in [0.25, 0.3) is 5.57 Å². The number of rotatable bonds is 3. The molecule has 0 atom stereocenters. The van der Waals surface area contributed by atoms with Crippen LogP contribution in [-0.2, 0) is 0 Å². The molecule has 2 aromatic carbocycles. The standard InChI is InChI=1S/C18H18INS.ClH/c1-20(2)11-5-7-14-15-6-3-4-8-17(15)21-18-10-9-13(19)12-16(14)18;/h3-4,6-10,12H,5,11H2,1-2H3;1H/b14-7-;. The summed E-state index contributed by atoms with van der Waals surface area (Å²) in [5.74, 6) is 0. The minimum Gasteiger partial charge on any atom is -0.309 e. The molecule has 1 aliphatic heterocycles. The molecular formula is C18H19ClINS. The Balaban J connectivity index is 0.00000176. The molecule has 0 saturated carbocycles. The third-order valence-electron chi connectivity index (χ3n) is 3.55. The number of halogens is 2. The van der Waals surface area contributed by atoms with Crippen molar-refractivity contribution in [1.82, 2.24) is 4.90 Å². The highest BCUT2D eigenvalue weighted by atomic mass is 127.